The van der Waals surface area contributed by atoms with Gasteiger partial charge >= 0.3 is 0 Å². The molecule has 0 unspecified atom stereocenters. The molecule has 1 aliphatic rings. The van der Waals surface area contributed by atoms with Crippen molar-refractivity contribution >= 4 is 29.5 Å². The molecule has 0 bridgehead atoms. The fourth-order valence-electron chi connectivity index (χ4n) is 2.92. The number of halogens is 1. The number of carbonyl (C=O) groups excluding carboxylic acids is 1. The summed E-state index contributed by atoms with van der Waals surface area (Å²) in [6.07, 6.45) is 1.39. The van der Waals surface area contributed by atoms with Crippen LogP contribution in [-0.2, 0) is 4.79 Å². The molecule has 10 nitrogen and oxygen atoms in total. The van der Waals surface area contributed by atoms with Crippen LogP contribution in [0.2, 0.25) is 0 Å². The molecule has 1 heterocycles. The summed E-state index contributed by atoms with van der Waals surface area (Å²) >= 11 is 0. The van der Waals surface area contributed by atoms with Gasteiger partial charge in [0.05, 0.1) is 11.1 Å². The van der Waals surface area contributed by atoms with E-state index in [1.807, 2.05) is 7.05 Å². The van der Waals surface area contributed by atoms with Crippen LogP contribution in [0, 0.1) is 15.9 Å². The van der Waals surface area contributed by atoms with Crippen LogP contribution >= 0.6 is 0 Å². The van der Waals surface area contributed by atoms with Crippen molar-refractivity contribution in [2.24, 2.45) is 5.10 Å². The van der Waals surface area contributed by atoms with E-state index < -0.39 is 22.6 Å². The van der Waals surface area contributed by atoms with Crippen molar-refractivity contribution < 1.29 is 24.0 Å². The van der Waals surface area contributed by atoms with Gasteiger partial charge in [0, 0.05) is 62.0 Å². The topological polar surface area (TPSA) is 128 Å². The number of hydrogen-bond donors (Lipinski definition) is 2. The van der Waals surface area contributed by atoms with Gasteiger partial charge in [0.1, 0.15) is 5.82 Å². The van der Waals surface area contributed by atoms with Gasteiger partial charge in [-0.05, 0) is 37.4 Å². The molecule has 1 fully saturated rings. The number of piperazine rings is 1. The fraction of sp³-hybridized carbons (Fsp3) is 0.286. The molecule has 2 N–H and O–H groups in total. The summed E-state index contributed by atoms with van der Waals surface area (Å²) in [4.78, 5) is 36.1. The van der Waals surface area contributed by atoms with Crippen molar-refractivity contribution in [3.8, 4) is 0 Å². The highest BCUT2D eigenvalue weighted by Gasteiger charge is 2.19. The number of carboxylic acids is 1. The van der Waals surface area contributed by atoms with Crippen LogP contribution in [-0.4, -0.2) is 66.2 Å². The van der Waals surface area contributed by atoms with Gasteiger partial charge < -0.3 is 14.9 Å². The van der Waals surface area contributed by atoms with Gasteiger partial charge in [0.2, 0.25) is 0 Å². The molecule has 0 atom stereocenters. The lowest BCUT2D eigenvalue weighted by atomic mass is 10.1. The molecule has 0 aromatic heterocycles. The largest absolute Gasteiger partial charge is 0.481 e. The molecule has 0 saturated carbocycles. The molecule has 0 aliphatic carbocycles. The third-order valence-electron chi connectivity index (χ3n) is 4.54. The second-order valence-electron chi connectivity index (χ2n) is 7.02. The molecule has 170 valence electrons. The first-order chi connectivity index (χ1) is 15.2. The summed E-state index contributed by atoms with van der Waals surface area (Å²) in [7, 11) is 2.04. The molecule has 0 spiro atoms. The zero-order valence-corrected chi connectivity index (χ0v) is 17.7. The third-order valence-corrected chi connectivity index (χ3v) is 4.54. The van der Waals surface area contributed by atoms with Gasteiger partial charge in [-0.1, -0.05) is 0 Å². The Labute approximate surface area is 184 Å². The molecule has 2 aromatic carbocycles. The average Bonchev–Trinajstić information content (AvgIpc) is 2.74. The minimum Gasteiger partial charge on any atom is -0.481 e. The number of nitrogens with one attached hydrogen (secondary N) is 1. The van der Waals surface area contributed by atoms with Crippen LogP contribution in [0.1, 0.15) is 22.8 Å². The first kappa shape index (κ1) is 24.4. The molecule has 1 aliphatic heterocycles. The van der Waals surface area contributed by atoms with Crippen molar-refractivity contribution in [2.75, 3.05) is 38.1 Å². The first-order valence-corrected chi connectivity index (χ1v) is 9.68. The molecule has 3 rings (SSSR count). The number of rotatable bonds is 5. The number of non-ortho nitro benzene ring substituents is 1. The normalized spacial score (nSPS) is 13.9. The number of carbonyl (C=O) groups is 2. The summed E-state index contributed by atoms with van der Waals surface area (Å²) in [5, 5.41) is 22.5. The van der Waals surface area contributed by atoms with E-state index in [1.54, 1.807) is 6.07 Å². The van der Waals surface area contributed by atoms with E-state index >= 15 is 0 Å². The molecule has 0 radical (unpaired) electrons. The quantitative estimate of drug-likeness (QED) is 0.411. The number of amides is 1. The summed E-state index contributed by atoms with van der Waals surface area (Å²) in [6.45, 7) is 4.43. The van der Waals surface area contributed by atoms with Gasteiger partial charge in [0.15, 0.2) is 0 Å². The van der Waals surface area contributed by atoms with Crippen LogP contribution in [0.4, 0.5) is 15.8 Å². The highest BCUT2D eigenvalue weighted by molar-refractivity contribution is 5.95. The van der Waals surface area contributed by atoms with E-state index in [0.717, 1.165) is 38.8 Å². The lowest BCUT2D eigenvalue weighted by molar-refractivity contribution is -0.384. The Balaban J connectivity index is 0.000000837. The maximum atomic E-state index is 12.9. The Morgan fingerprint density at radius 1 is 1.16 bits per heavy atom. The van der Waals surface area contributed by atoms with E-state index in [1.165, 1.54) is 42.6 Å². The van der Waals surface area contributed by atoms with Crippen molar-refractivity contribution in [2.45, 2.75) is 6.92 Å². The summed E-state index contributed by atoms with van der Waals surface area (Å²) < 4.78 is 12.9. The Bertz CT molecular complexity index is 985. The molecule has 11 heteroatoms. The van der Waals surface area contributed by atoms with E-state index in [-0.39, 0.29) is 11.3 Å². The molecule has 32 heavy (non-hydrogen) atoms. The Kier molecular flexibility index (Phi) is 8.78. The average molecular weight is 445 g/mol. The van der Waals surface area contributed by atoms with Gasteiger partial charge in [-0.25, -0.2) is 9.82 Å². The summed E-state index contributed by atoms with van der Waals surface area (Å²) in [5.41, 5.74) is 3.93. The van der Waals surface area contributed by atoms with Crippen LogP contribution in [0.15, 0.2) is 47.6 Å². The number of likely N-dealkylation sites (N-methyl/N-ethyl adjacent to an activating group) is 1. The number of nitro groups is 1. The SMILES string of the molecule is CC(=O)O.CN1CCN(c2ccc([N+](=O)[O-])cc2/C=N/NC(=O)c2ccc(F)cc2)CC1. The van der Waals surface area contributed by atoms with Crippen molar-refractivity contribution in [1.29, 1.82) is 0 Å². The Hall–Kier alpha value is -3.86. The lowest BCUT2D eigenvalue weighted by Crippen LogP contribution is -2.44. The maximum absolute atomic E-state index is 12.9. The van der Waals surface area contributed by atoms with Crippen LogP contribution in [0.5, 0.6) is 0 Å². The van der Waals surface area contributed by atoms with Gasteiger partial charge in [-0.2, -0.15) is 5.10 Å². The van der Waals surface area contributed by atoms with Crippen molar-refractivity contribution in [1.82, 2.24) is 10.3 Å². The fourth-order valence-corrected chi connectivity index (χ4v) is 2.92. The number of anilines is 1. The predicted molar refractivity (Wildman–Crippen MR) is 118 cm³/mol. The first-order valence-electron chi connectivity index (χ1n) is 9.68. The molecular weight excluding hydrogens is 421 g/mol. The van der Waals surface area contributed by atoms with E-state index in [0.29, 0.717) is 5.56 Å². The molecule has 1 saturated heterocycles. The number of aliphatic carboxylic acids is 1. The minimum atomic E-state index is -0.833. The number of benzene rings is 2. The van der Waals surface area contributed by atoms with Crippen LogP contribution < -0.4 is 10.3 Å². The Morgan fingerprint density at radius 3 is 2.31 bits per heavy atom. The summed E-state index contributed by atoms with van der Waals surface area (Å²) in [5.74, 6) is -1.77. The van der Waals surface area contributed by atoms with Gasteiger partial charge in [-0.3, -0.25) is 19.7 Å². The molecule has 2 aromatic rings. The standard InChI is InChI=1S/C19H20FN5O3.C2H4O2/c1-23-8-10-24(11-9-23)18-7-6-17(25(27)28)12-15(18)13-21-22-19(26)14-2-4-16(20)5-3-14;1-2(3)4/h2-7,12-13H,8-11H2,1H3,(H,22,26);1H3,(H,3,4)/b21-13+;. The zero-order valence-electron chi connectivity index (χ0n) is 17.7. The number of carboxylic acid groups (broad SMARTS) is 1. The second kappa shape index (κ2) is 11.5. The molecule has 1 amide bonds. The van der Waals surface area contributed by atoms with Crippen LogP contribution in [0.25, 0.3) is 0 Å². The van der Waals surface area contributed by atoms with E-state index in [9.17, 15) is 19.3 Å². The van der Waals surface area contributed by atoms with E-state index in [4.69, 9.17) is 9.90 Å². The minimum absolute atomic E-state index is 0.0517. The smallest absolute Gasteiger partial charge is 0.300 e. The number of hydrogen-bond acceptors (Lipinski definition) is 7. The second-order valence-corrected chi connectivity index (χ2v) is 7.02. The van der Waals surface area contributed by atoms with Crippen molar-refractivity contribution in [3.63, 3.8) is 0 Å². The van der Waals surface area contributed by atoms with Gasteiger partial charge in [-0.15, -0.1) is 0 Å². The van der Waals surface area contributed by atoms with Crippen molar-refractivity contribution in [3.05, 3.63) is 69.5 Å². The number of hydrazone groups is 1. The monoisotopic (exact) mass is 445 g/mol. The molecular formula is C21H24FN5O5. The zero-order chi connectivity index (χ0) is 23.7. The highest BCUT2D eigenvalue weighted by atomic mass is 19.1. The summed E-state index contributed by atoms with van der Waals surface area (Å²) in [6, 6.07) is 9.66. The Morgan fingerprint density at radius 2 is 1.75 bits per heavy atom. The number of nitro benzene ring substituents is 1. The third kappa shape index (κ3) is 7.43. The maximum Gasteiger partial charge on any atom is 0.300 e. The predicted octanol–water partition coefficient (Wildman–Crippen LogP) is 2.34. The number of nitrogens with zero attached hydrogens (tertiary/aromatic N) is 4. The van der Waals surface area contributed by atoms with E-state index in [2.05, 4.69) is 20.3 Å². The van der Waals surface area contributed by atoms with Crippen LogP contribution in [0.3, 0.4) is 0 Å². The lowest BCUT2D eigenvalue weighted by Gasteiger charge is -2.34. The highest BCUT2D eigenvalue weighted by Crippen LogP contribution is 2.25. The van der Waals surface area contributed by atoms with Gasteiger partial charge in [0.25, 0.3) is 17.6 Å².